The number of carbonyl (C=O) groups excluding carboxylic acids is 1. The summed E-state index contributed by atoms with van der Waals surface area (Å²) >= 11 is 5.77. The maximum absolute atomic E-state index is 12.0. The van der Waals surface area contributed by atoms with Gasteiger partial charge >= 0.3 is 0 Å². The van der Waals surface area contributed by atoms with Gasteiger partial charge in [0.25, 0.3) is 0 Å². The standard InChI is InChI=1S/C12H14ClNO/c13-10-4-1-8(2-5-10)12(15)9-3-6-11(14)7-9/h1-2,4-5,9,11H,3,6-7,14H2. The van der Waals surface area contributed by atoms with Crippen LogP contribution in [0.2, 0.25) is 5.02 Å². The minimum Gasteiger partial charge on any atom is -0.328 e. The summed E-state index contributed by atoms with van der Waals surface area (Å²) in [6, 6.07) is 7.28. The number of nitrogens with two attached hydrogens (primary N) is 1. The van der Waals surface area contributed by atoms with Crippen LogP contribution in [0.3, 0.4) is 0 Å². The van der Waals surface area contributed by atoms with E-state index in [0.29, 0.717) is 5.02 Å². The molecule has 0 saturated heterocycles. The van der Waals surface area contributed by atoms with Crippen molar-refractivity contribution < 1.29 is 4.79 Å². The van der Waals surface area contributed by atoms with Crippen LogP contribution in [0, 0.1) is 5.92 Å². The van der Waals surface area contributed by atoms with Gasteiger partial charge in [0.05, 0.1) is 0 Å². The molecule has 0 aromatic heterocycles. The molecule has 1 aromatic carbocycles. The van der Waals surface area contributed by atoms with E-state index >= 15 is 0 Å². The third-order valence-electron chi connectivity index (χ3n) is 2.97. The van der Waals surface area contributed by atoms with Gasteiger partial charge in [0.1, 0.15) is 0 Å². The first kappa shape index (κ1) is 10.7. The normalized spacial score (nSPS) is 25.5. The smallest absolute Gasteiger partial charge is 0.166 e. The van der Waals surface area contributed by atoms with Crippen LogP contribution in [-0.2, 0) is 0 Å². The van der Waals surface area contributed by atoms with Crippen molar-refractivity contribution in [3.8, 4) is 0 Å². The van der Waals surface area contributed by atoms with Crippen LogP contribution in [0.25, 0.3) is 0 Å². The molecular weight excluding hydrogens is 210 g/mol. The highest BCUT2D eigenvalue weighted by Gasteiger charge is 2.28. The highest BCUT2D eigenvalue weighted by molar-refractivity contribution is 6.30. The molecule has 1 aliphatic rings. The molecule has 1 aromatic rings. The van der Waals surface area contributed by atoms with Crippen LogP contribution in [-0.4, -0.2) is 11.8 Å². The van der Waals surface area contributed by atoms with E-state index in [0.717, 1.165) is 24.8 Å². The second kappa shape index (κ2) is 4.33. The number of Topliss-reactive ketones (excluding diaryl/α,β-unsaturated/α-hetero) is 1. The Morgan fingerprint density at radius 2 is 1.93 bits per heavy atom. The van der Waals surface area contributed by atoms with E-state index in [1.165, 1.54) is 0 Å². The first-order chi connectivity index (χ1) is 7.16. The van der Waals surface area contributed by atoms with Crippen molar-refractivity contribution in [3.05, 3.63) is 34.9 Å². The maximum atomic E-state index is 12.0. The number of rotatable bonds is 2. The van der Waals surface area contributed by atoms with Crippen LogP contribution in [0.15, 0.2) is 24.3 Å². The van der Waals surface area contributed by atoms with Gasteiger partial charge in [-0.05, 0) is 43.5 Å². The molecule has 1 saturated carbocycles. The molecule has 2 rings (SSSR count). The molecule has 2 nitrogen and oxygen atoms in total. The minimum absolute atomic E-state index is 0.112. The summed E-state index contributed by atoms with van der Waals surface area (Å²) in [5.74, 6) is 0.320. The molecule has 2 atom stereocenters. The first-order valence-electron chi connectivity index (χ1n) is 5.22. The van der Waals surface area contributed by atoms with Gasteiger partial charge in [-0.1, -0.05) is 11.6 Å². The van der Waals surface area contributed by atoms with Crippen LogP contribution >= 0.6 is 11.6 Å². The third kappa shape index (κ3) is 2.39. The Morgan fingerprint density at radius 3 is 2.47 bits per heavy atom. The maximum Gasteiger partial charge on any atom is 0.166 e. The molecule has 0 heterocycles. The number of hydrogen-bond acceptors (Lipinski definition) is 2. The predicted molar refractivity (Wildman–Crippen MR) is 61.1 cm³/mol. The molecule has 2 N–H and O–H groups in total. The van der Waals surface area contributed by atoms with Gasteiger partial charge in [-0.3, -0.25) is 4.79 Å². The molecule has 0 spiro atoms. The number of hydrogen-bond donors (Lipinski definition) is 1. The highest BCUT2D eigenvalue weighted by Crippen LogP contribution is 2.27. The van der Waals surface area contributed by atoms with Gasteiger partial charge in [0.15, 0.2) is 5.78 Å². The summed E-state index contributed by atoms with van der Waals surface area (Å²) in [7, 11) is 0. The van der Waals surface area contributed by atoms with E-state index < -0.39 is 0 Å². The largest absolute Gasteiger partial charge is 0.328 e. The molecule has 1 fully saturated rings. The molecule has 80 valence electrons. The van der Waals surface area contributed by atoms with Crippen LogP contribution in [0.1, 0.15) is 29.6 Å². The van der Waals surface area contributed by atoms with Crippen molar-refractivity contribution in [3.63, 3.8) is 0 Å². The molecule has 2 unspecified atom stereocenters. The number of benzene rings is 1. The third-order valence-corrected chi connectivity index (χ3v) is 3.22. The predicted octanol–water partition coefficient (Wildman–Crippen LogP) is 2.65. The van der Waals surface area contributed by atoms with E-state index in [2.05, 4.69) is 0 Å². The lowest BCUT2D eigenvalue weighted by atomic mass is 9.96. The highest BCUT2D eigenvalue weighted by atomic mass is 35.5. The Kier molecular flexibility index (Phi) is 3.08. The molecule has 0 bridgehead atoms. The zero-order valence-corrected chi connectivity index (χ0v) is 9.20. The van der Waals surface area contributed by atoms with Gasteiger partial charge < -0.3 is 5.73 Å². The molecule has 0 aliphatic heterocycles. The van der Waals surface area contributed by atoms with Crippen molar-refractivity contribution in [2.75, 3.05) is 0 Å². The SMILES string of the molecule is NC1CCC(C(=O)c2ccc(Cl)cc2)C1. The van der Waals surface area contributed by atoms with E-state index in [1.54, 1.807) is 24.3 Å². The van der Waals surface area contributed by atoms with Crippen molar-refractivity contribution in [2.45, 2.75) is 25.3 Å². The van der Waals surface area contributed by atoms with Crippen molar-refractivity contribution in [2.24, 2.45) is 11.7 Å². The number of ketones is 1. The fraction of sp³-hybridized carbons (Fsp3) is 0.417. The monoisotopic (exact) mass is 223 g/mol. The van der Waals surface area contributed by atoms with Crippen molar-refractivity contribution in [1.29, 1.82) is 0 Å². The molecule has 0 radical (unpaired) electrons. The fourth-order valence-corrected chi connectivity index (χ4v) is 2.23. The summed E-state index contributed by atoms with van der Waals surface area (Å²) in [5.41, 5.74) is 6.54. The van der Waals surface area contributed by atoms with Gasteiger partial charge in [-0.25, -0.2) is 0 Å². The minimum atomic E-state index is 0.112. The van der Waals surface area contributed by atoms with Crippen LogP contribution in [0.5, 0.6) is 0 Å². The summed E-state index contributed by atoms with van der Waals surface area (Å²) < 4.78 is 0. The van der Waals surface area contributed by atoms with Crippen LogP contribution in [0.4, 0.5) is 0 Å². The Bertz CT molecular complexity index is 360. The van der Waals surface area contributed by atoms with Gasteiger partial charge in [0.2, 0.25) is 0 Å². The average Bonchev–Trinajstić information content (AvgIpc) is 2.65. The summed E-state index contributed by atoms with van der Waals surface area (Å²) in [4.78, 5) is 12.0. The van der Waals surface area contributed by atoms with Gasteiger partial charge in [-0.2, -0.15) is 0 Å². The van der Waals surface area contributed by atoms with E-state index in [4.69, 9.17) is 17.3 Å². The molecule has 15 heavy (non-hydrogen) atoms. The van der Waals surface area contributed by atoms with E-state index in [1.807, 2.05) is 0 Å². The Morgan fingerprint density at radius 1 is 1.27 bits per heavy atom. The Labute approximate surface area is 94.4 Å². The summed E-state index contributed by atoms with van der Waals surface area (Å²) in [5, 5.41) is 0.662. The Hall–Kier alpha value is -0.860. The van der Waals surface area contributed by atoms with Crippen molar-refractivity contribution >= 4 is 17.4 Å². The van der Waals surface area contributed by atoms with Gasteiger partial charge in [-0.15, -0.1) is 0 Å². The molecule has 0 amide bonds. The van der Waals surface area contributed by atoms with Crippen LogP contribution < -0.4 is 5.73 Å². The summed E-state index contributed by atoms with van der Waals surface area (Å²) in [6.45, 7) is 0. The lowest BCUT2D eigenvalue weighted by Gasteiger charge is -2.08. The zero-order valence-electron chi connectivity index (χ0n) is 8.45. The average molecular weight is 224 g/mol. The Balaban J connectivity index is 2.11. The molecule has 1 aliphatic carbocycles. The second-order valence-corrected chi connectivity index (χ2v) is 4.58. The lowest BCUT2D eigenvalue weighted by molar-refractivity contribution is 0.0922. The summed E-state index contributed by atoms with van der Waals surface area (Å²) in [6.07, 6.45) is 2.70. The molecular formula is C12H14ClNO. The fourth-order valence-electron chi connectivity index (χ4n) is 2.10. The van der Waals surface area contributed by atoms with E-state index in [9.17, 15) is 4.79 Å². The quantitative estimate of drug-likeness (QED) is 0.784. The van der Waals surface area contributed by atoms with E-state index in [-0.39, 0.29) is 17.7 Å². The first-order valence-corrected chi connectivity index (χ1v) is 5.60. The lowest BCUT2D eigenvalue weighted by Crippen LogP contribution is -2.18. The number of halogens is 1. The van der Waals surface area contributed by atoms with Crippen molar-refractivity contribution in [1.82, 2.24) is 0 Å². The molecule has 3 heteroatoms. The second-order valence-electron chi connectivity index (χ2n) is 4.14. The van der Waals surface area contributed by atoms with Gasteiger partial charge in [0, 0.05) is 22.5 Å². The number of carbonyl (C=O) groups is 1. The zero-order chi connectivity index (χ0) is 10.8. The topological polar surface area (TPSA) is 43.1 Å².